The number of nitrogens with two attached hydrogens (primary N) is 1. The highest BCUT2D eigenvalue weighted by Crippen LogP contribution is 2.26. The number of rotatable bonds is 3. The van der Waals surface area contributed by atoms with Gasteiger partial charge in [0.25, 0.3) is 0 Å². The molecule has 0 radical (unpaired) electrons. The summed E-state index contributed by atoms with van der Waals surface area (Å²) in [6, 6.07) is 1.90. The zero-order valence-corrected chi connectivity index (χ0v) is 9.06. The quantitative estimate of drug-likeness (QED) is 0.806. The summed E-state index contributed by atoms with van der Waals surface area (Å²) in [5.41, 5.74) is 6.35. The van der Waals surface area contributed by atoms with E-state index in [0.717, 1.165) is 21.5 Å². The molecule has 0 aliphatic carbocycles. The van der Waals surface area contributed by atoms with E-state index < -0.39 is 0 Å². The molecular weight excluding hydrogens is 220 g/mol. The number of hydrogen-bond donors (Lipinski definition) is 1. The third-order valence-electron chi connectivity index (χ3n) is 1.44. The molecule has 2 N–H and O–H groups in total. The molecule has 0 spiro atoms. The molecule has 2 aromatic heterocycles. The molecule has 2 rings (SSSR count). The maximum atomic E-state index is 5.45. The largest absolute Gasteiger partial charge is 0.374 e. The minimum Gasteiger partial charge on any atom is -0.374 e. The number of hydrogen-bond acceptors (Lipinski definition) is 7. The molecule has 0 unspecified atom stereocenters. The molecule has 0 aliphatic rings. The molecule has 14 heavy (non-hydrogen) atoms. The van der Waals surface area contributed by atoms with Crippen LogP contribution in [0, 0.1) is 6.92 Å². The molecule has 0 atom stereocenters. The topological polar surface area (TPSA) is 77.8 Å². The van der Waals surface area contributed by atoms with E-state index in [1.165, 1.54) is 11.3 Å². The van der Waals surface area contributed by atoms with Crippen LogP contribution < -0.4 is 5.73 Å². The molecule has 74 valence electrons. The Bertz CT molecular complexity index is 385. The zero-order valence-electron chi connectivity index (χ0n) is 7.43. The first-order valence-electron chi connectivity index (χ1n) is 3.88. The van der Waals surface area contributed by atoms with Crippen LogP contribution in [-0.2, 0) is 5.75 Å². The van der Waals surface area contributed by atoms with Crippen LogP contribution in [0.3, 0.4) is 0 Å². The Labute approximate surface area is 88.7 Å². The lowest BCUT2D eigenvalue weighted by Gasteiger charge is -1.89. The summed E-state index contributed by atoms with van der Waals surface area (Å²) in [7, 11) is 0. The van der Waals surface area contributed by atoms with Gasteiger partial charge in [0.15, 0.2) is 4.34 Å². The monoisotopic (exact) mass is 228 g/mol. The summed E-state index contributed by atoms with van der Waals surface area (Å²) in [6.07, 6.45) is 0. The van der Waals surface area contributed by atoms with Crippen molar-refractivity contribution in [2.75, 3.05) is 5.73 Å². The lowest BCUT2D eigenvalue weighted by Crippen LogP contribution is -1.80. The smallest absolute Gasteiger partial charge is 0.203 e. The first-order chi connectivity index (χ1) is 6.74. The molecule has 0 aliphatic heterocycles. The van der Waals surface area contributed by atoms with E-state index in [0.29, 0.717) is 5.13 Å². The van der Waals surface area contributed by atoms with Crippen LogP contribution in [0.15, 0.2) is 14.9 Å². The lowest BCUT2D eigenvalue weighted by atomic mass is 10.4. The average Bonchev–Trinajstić information content (AvgIpc) is 2.72. The molecule has 2 aromatic rings. The lowest BCUT2D eigenvalue weighted by molar-refractivity contribution is 0.393. The summed E-state index contributed by atoms with van der Waals surface area (Å²) in [5, 5.41) is 12.0. The molecule has 0 bridgehead atoms. The number of nitrogens with zero attached hydrogens (tertiary/aromatic N) is 3. The van der Waals surface area contributed by atoms with E-state index in [4.69, 9.17) is 10.3 Å². The highest BCUT2D eigenvalue weighted by Gasteiger charge is 2.05. The summed E-state index contributed by atoms with van der Waals surface area (Å²) >= 11 is 2.92. The predicted molar refractivity (Wildman–Crippen MR) is 55.1 cm³/mol. The maximum absolute atomic E-state index is 5.45. The molecule has 5 nitrogen and oxygen atoms in total. The second-order valence-electron chi connectivity index (χ2n) is 2.62. The highest BCUT2D eigenvalue weighted by atomic mass is 32.2. The summed E-state index contributed by atoms with van der Waals surface area (Å²) in [5.74, 6) is 1.55. The standard InChI is InChI=1S/C7H8N4OS2/c1-4-2-5(11-12-4)3-13-7-10-9-6(8)14-7/h2H,3H2,1H3,(H2,8,9). The Morgan fingerprint density at radius 1 is 1.57 bits per heavy atom. The highest BCUT2D eigenvalue weighted by molar-refractivity contribution is 8.00. The van der Waals surface area contributed by atoms with Crippen LogP contribution >= 0.6 is 23.1 Å². The van der Waals surface area contributed by atoms with Crippen LogP contribution in [-0.4, -0.2) is 15.4 Å². The van der Waals surface area contributed by atoms with Gasteiger partial charge < -0.3 is 10.3 Å². The molecule has 7 heteroatoms. The molecular formula is C7H8N4OS2. The SMILES string of the molecule is Cc1cc(CSc2nnc(N)s2)no1. The van der Waals surface area contributed by atoms with Gasteiger partial charge in [-0.05, 0) is 6.92 Å². The number of thioether (sulfide) groups is 1. The van der Waals surface area contributed by atoms with Gasteiger partial charge in [0.2, 0.25) is 5.13 Å². The van der Waals surface area contributed by atoms with Gasteiger partial charge in [-0.2, -0.15) is 0 Å². The third kappa shape index (κ3) is 2.24. The van der Waals surface area contributed by atoms with Crippen molar-refractivity contribution in [2.24, 2.45) is 0 Å². The van der Waals surface area contributed by atoms with Gasteiger partial charge in [-0.3, -0.25) is 0 Å². The van der Waals surface area contributed by atoms with Gasteiger partial charge in [-0.1, -0.05) is 28.3 Å². The van der Waals surface area contributed by atoms with Crippen molar-refractivity contribution in [1.82, 2.24) is 15.4 Å². The fourth-order valence-corrected chi connectivity index (χ4v) is 2.42. The Balaban J connectivity index is 1.94. The van der Waals surface area contributed by atoms with Crippen molar-refractivity contribution in [2.45, 2.75) is 17.0 Å². The van der Waals surface area contributed by atoms with Gasteiger partial charge in [-0.15, -0.1) is 10.2 Å². The van der Waals surface area contributed by atoms with Crippen molar-refractivity contribution in [3.8, 4) is 0 Å². The van der Waals surface area contributed by atoms with E-state index in [2.05, 4.69) is 15.4 Å². The van der Waals surface area contributed by atoms with Crippen LogP contribution in [0.1, 0.15) is 11.5 Å². The Morgan fingerprint density at radius 2 is 2.43 bits per heavy atom. The van der Waals surface area contributed by atoms with Crippen molar-refractivity contribution in [3.63, 3.8) is 0 Å². The molecule has 0 aromatic carbocycles. The van der Waals surface area contributed by atoms with E-state index in [1.54, 1.807) is 11.8 Å². The summed E-state index contributed by atoms with van der Waals surface area (Å²) in [6.45, 7) is 1.87. The minimum atomic E-state index is 0.490. The normalized spacial score (nSPS) is 10.6. The number of aryl methyl sites for hydroxylation is 1. The van der Waals surface area contributed by atoms with Crippen LogP contribution in [0.25, 0.3) is 0 Å². The summed E-state index contributed by atoms with van der Waals surface area (Å²) < 4.78 is 5.79. The van der Waals surface area contributed by atoms with Crippen LogP contribution in [0.5, 0.6) is 0 Å². The fraction of sp³-hybridized carbons (Fsp3) is 0.286. The van der Waals surface area contributed by atoms with Gasteiger partial charge in [-0.25, -0.2) is 0 Å². The molecule has 0 amide bonds. The molecule has 0 saturated heterocycles. The van der Waals surface area contributed by atoms with Crippen molar-refractivity contribution in [3.05, 3.63) is 17.5 Å². The van der Waals surface area contributed by atoms with Crippen molar-refractivity contribution >= 4 is 28.2 Å². The fourth-order valence-electron chi connectivity index (χ4n) is 0.900. The summed E-state index contributed by atoms with van der Waals surface area (Å²) in [4.78, 5) is 0. The van der Waals surface area contributed by atoms with Gasteiger partial charge >= 0.3 is 0 Å². The van der Waals surface area contributed by atoms with Gasteiger partial charge in [0.05, 0.1) is 5.69 Å². The maximum Gasteiger partial charge on any atom is 0.203 e. The predicted octanol–water partition coefficient (Wildman–Crippen LogP) is 1.71. The van der Waals surface area contributed by atoms with Crippen molar-refractivity contribution < 1.29 is 4.52 Å². The molecule has 0 saturated carbocycles. The zero-order chi connectivity index (χ0) is 9.97. The number of anilines is 1. The van der Waals surface area contributed by atoms with Crippen LogP contribution in [0.2, 0.25) is 0 Å². The molecule has 0 fully saturated rings. The first kappa shape index (κ1) is 9.47. The first-order valence-corrected chi connectivity index (χ1v) is 5.68. The van der Waals surface area contributed by atoms with E-state index in [9.17, 15) is 0 Å². The Morgan fingerprint density at radius 3 is 3.00 bits per heavy atom. The van der Waals surface area contributed by atoms with E-state index in [-0.39, 0.29) is 0 Å². The Kier molecular flexibility index (Phi) is 2.69. The third-order valence-corrected chi connectivity index (χ3v) is 3.36. The number of nitrogen functional groups attached to an aromatic ring is 1. The second-order valence-corrected chi connectivity index (χ2v) is 4.86. The van der Waals surface area contributed by atoms with Crippen LogP contribution in [0.4, 0.5) is 5.13 Å². The number of aromatic nitrogens is 3. The van der Waals surface area contributed by atoms with Gasteiger partial charge in [0.1, 0.15) is 5.76 Å². The van der Waals surface area contributed by atoms with Gasteiger partial charge in [0, 0.05) is 11.8 Å². The minimum absolute atomic E-state index is 0.490. The second kappa shape index (κ2) is 3.97. The average molecular weight is 228 g/mol. The van der Waals surface area contributed by atoms with E-state index >= 15 is 0 Å². The Hall–Kier alpha value is -1.08. The van der Waals surface area contributed by atoms with Crippen molar-refractivity contribution in [1.29, 1.82) is 0 Å². The molecule has 2 heterocycles. The van der Waals surface area contributed by atoms with E-state index in [1.807, 2.05) is 13.0 Å².